The molecule has 2 fully saturated rings. The molecule has 1 heterocycles. The topological polar surface area (TPSA) is 15.3 Å². The maximum Gasteiger partial charge on any atom is 0.0108 e. The highest BCUT2D eigenvalue weighted by Gasteiger charge is 2.30. The maximum atomic E-state index is 3.55. The van der Waals surface area contributed by atoms with Crippen LogP contribution >= 0.6 is 11.8 Å². The van der Waals surface area contributed by atoms with Gasteiger partial charge < -0.3 is 5.32 Å². The van der Waals surface area contributed by atoms with Crippen molar-refractivity contribution in [3.8, 4) is 0 Å². The summed E-state index contributed by atoms with van der Waals surface area (Å²) in [6.45, 7) is 7.17. The summed E-state index contributed by atoms with van der Waals surface area (Å²) < 4.78 is 0. The zero-order valence-electron chi connectivity index (χ0n) is 13.2. The molecule has 2 nitrogen and oxygen atoms in total. The molecule has 0 radical (unpaired) electrons. The second kappa shape index (κ2) is 7.66. The molecule has 1 aromatic carbocycles. The van der Waals surface area contributed by atoms with Gasteiger partial charge in [0.1, 0.15) is 0 Å². The number of benzene rings is 1. The van der Waals surface area contributed by atoms with Crippen LogP contribution in [-0.2, 0) is 0 Å². The van der Waals surface area contributed by atoms with Gasteiger partial charge in [-0.05, 0) is 63.7 Å². The van der Waals surface area contributed by atoms with E-state index in [1.807, 2.05) is 11.8 Å². The minimum atomic E-state index is 0.878. The highest BCUT2D eigenvalue weighted by Crippen LogP contribution is 2.29. The van der Waals surface area contributed by atoms with E-state index in [0.29, 0.717) is 0 Å². The molecule has 0 spiro atoms. The zero-order valence-corrected chi connectivity index (χ0v) is 14.0. The summed E-state index contributed by atoms with van der Waals surface area (Å²) in [5, 5.41) is 3.55. The fraction of sp³-hybridized carbons (Fsp3) is 0.667. The van der Waals surface area contributed by atoms with Gasteiger partial charge in [0.15, 0.2) is 0 Å². The number of nitrogens with one attached hydrogen (secondary N) is 1. The monoisotopic (exact) mass is 304 g/mol. The van der Waals surface area contributed by atoms with E-state index in [-0.39, 0.29) is 0 Å². The summed E-state index contributed by atoms with van der Waals surface area (Å²) in [4.78, 5) is 4.18. The predicted molar refractivity (Wildman–Crippen MR) is 92.1 cm³/mol. The van der Waals surface area contributed by atoms with Crippen LogP contribution in [0, 0.1) is 12.8 Å². The third-order valence-corrected chi connectivity index (χ3v) is 5.62. The van der Waals surface area contributed by atoms with Crippen molar-refractivity contribution in [1.82, 2.24) is 10.2 Å². The van der Waals surface area contributed by atoms with Crippen LogP contribution < -0.4 is 5.32 Å². The molecular weight excluding hydrogens is 276 g/mol. The van der Waals surface area contributed by atoms with Crippen LogP contribution in [0.5, 0.6) is 0 Å². The first kappa shape index (κ1) is 15.4. The second-order valence-corrected chi connectivity index (χ2v) is 7.77. The minimum Gasteiger partial charge on any atom is -0.316 e. The first-order valence-electron chi connectivity index (χ1n) is 8.45. The van der Waals surface area contributed by atoms with Crippen molar-refractivity contribution >= 4 is 11.8 Å². The quantitative estimate of drug-likeness (QED) is 0.776. The van der Waals surface area contributed by atoms with Crippen LogP contribution in [0.1, 0.15) is 31.2 Å². The lowest BCUT2D eigenvalue weighted by Crippen LogP contribution is -2.40. The molecule has 1 saturated heterocycles. The fourth-order valence-electron chi connectivity index (χ4n) is 3.19. The third kappa shape index (κ3) is 5.01. The molecule has 1 aliphatic carbocycles. The Morgan fingerprint density at radius 3 is 2.67 bits per heavy atom. The molecule has 0 amide bonds. The van der Waals surface area contributed by atoms with Gasteiger partial charge in [-0.2, -0.15) is 0 Å². The van der Waals surface area contributed by atoms with Gasteiger partial charge >= 0.3 is 0 Å². The van der Waals surface area contributed by atoms with Crippen LogP contribution in [-0.4, -0.2) is 42.9 Å². The van der Waals surface area contributed by atoms with Crippen LogP contribution in [0.15, 0.2) is 29.2 Å². The lowest BCUT2D eigenvalue weighted by Gasteiger charge is -2.30. The molecule has 1 unspecified atom stereocenters. The summed E-state index contributed by atoms with van der Waals surface area (Å²) in [5.74, 6) is 2.10. The summed E-state index contributed by atoms with van der Waals surface area (Å²) in [6, 6.07) is 9.84. The van der Waals surface area contributed by atoms with E-state index < -0.39 is 0 Å². The predicted octanol–water partition coefficient (Wildman–Crippen LogP) is 3.55. The van der Waals surface area contributed by atoms with Gasteiger partial charge in [0.05, 0.1) is 0 Å². The highest BCUT2D eigenvalue weighted by atomic mass is 32.2. The SMILES string of the molecule is Cc1ccc(SCCN(CC2CCCNC2)C2CC2)cc1. The molecule has 0 bridgehead atoms. The Balaban J connectivity index is 1.43. The van der Waals surface area contributed by atoms with Gasteiger partial charge in [-0.3, -0.25) is 4.90 Å². The zero-order chi connectivity index (χ0) is 14.5. The van der Waals surface area contributed by atoms with Gasteiger partial charge in [0, 0.05) is 29.8 Å². The Morgan fingerprint density at radius 1 is 1.19 bits per heavy atom. The molecule has 1 aliphatic heterocycles. The molecule has 1 aromatic rings. The van der Waals surface area contributed by atoms with Gasteiger partial charge in [-0.15, -0.1) is 11.8 Å². The maximum absolute atomic E-state index is 3.55. The normalized spacial score (nSPS) is 22.7. The van der Waals surface area contributed by atoms with E-state index in [0.717, 1.165) is 12.0 Å². The third-order valence-electron chi connectivity index (χ3n) is 4.62. The van der Waals surface area contributed by atoms with E-state index in [2.05, 4.69) is 41.4 Å². The summed E-state index contributed by atoms with van der Waals surface area (Å²) in [5.41, 5.74) is 1.35. The number of piperidine rings is 1. The molecule has 3 rings (SSSR count). The second-order valence-electron chi connectivity index (χ2n) is 6.60. The smallest absolute Gasteiger partial charge is 0.0108 e. The van der Waals surface area contributed by atoms with Crippen molar-refractivity contribution in [2.45, 2.75) is 43.5 Å². The molecule has 3 heteroatoms. The summed E-state index contributed by atoms with van der Waals surface area (Å²) >= 11 is 2.01. The molecule has 1 saturated carbocycles. The van der Waals surface area contributed by atoms with Crippen LogP contribution in [0.2, 0.25) is 0 Å². The number of nitrogens with zero attached hydrogens (tertiary/aromatic N) is 1. The first-order valence-corrected chi connectivity index (χ1v) is 9.44. The molecule has 21 heavy (non-hydrogen) atoms. The van der Waals surface area contributed by atoms with Gasteiger partial charge in [0.2, 0.25) is 0 Å². The van der Waals surface area contributed by atoms with Crippen molar-refractivity contribution in [3.63, 3.8) is 0 Å². The van der Waals surface area contributed by atoms with E-state index in [1.165, 1.54) is 68.1 Å². The van der Waals surface area contributed by atoms with Crippen LogP contribution in [0.3, 0.4) is 0 Å². The van der Waals surface area contributed by atoms with Crippen LogP contribution in [0.4, 0.5) is 0 Å². The van der Waals surface area contributed by atoms with Crippen molar-refractivity contribution in [2.24, 2.45) is 5.92 Å². The first-order chi connectivity index (χ1) is 10.3. The average molecular weight is 305 g/mol. The Morgan fingerprint density at radius 2 is 2.00 bits per heavy atom. The number of aryl methyl sites for hydroxylation is 1. The minimum absolute atomic E-state index is 0.878. The fourth-order valence-corrected chi connectivity index (χ4v) is 4.08. The van der Waals surface area contributed by atoms with Crippen LogP contribution in [0.25, 0.3) is 0 Å². The van der Waals surface area contributed by atoms with Gasteiger partial charge in [-0.25, -0.2) is 0 Å². The number of rotatable bonds is 7. The van der Waals surface area contributed by atoms with E-state index >= 15 is 0 Å². The molecule has 116 valence electrons. The van der Waals surface area contributed by atoms with Crippen molar-refractivity contribution in [2.75, 3.05) is 31.9 Å². The van der Waals surface area contributed by atoms with Crippen molar-refractivity contribution in [1.29, 1.82) is 0 Å². The van der Waals surface area contributed by atoms with Gasteiger partial charge in [-0.1, -0.05) is 17.7 Å². The lowest BCUT2D eigenvalue weighted by molar-refractivity contribution is 0.210. The Bertz CT molecular complexity index is 421. The number of hydrogen-bond acceptors (Lipinski definition) is 3. The Labute approximate surface area is 133 Å². The molecular formula is C18H28N2S. The summed E-state index contributed by atoms with van der Waals surface area (Å²) in [6.07, 6.45) is 5.63. The van der Waals surface area contributed by atoms with Gasteiger partial charge in [0.25, 0.3) is 0 Å². The van der Waals surface area contributed by atoms with E-state index in [1.54, 1.807) is 0 Å². The van der Waals surface area contributed by atoms with E-state index in [4.69, 9.17) is 0 Å². The summed E-state index contributed by atoms with van der Waals surface area (Å²) in [7, 11) is 0. The molecule has 2 aliphatic rings. The molecule has 1 atom stereocenters. The largest absolute Gasteiger partial charge is 0.316 e. The Hall–Kier alpha value is -0.510. The number of thioether (sulfide) groups is 1. The lowest BCUT2D eigenvalue weighted by atomic mass is 9.99. The average Bonchev–Trinajstić information content (AvgIpc) is 3.34. The standard InChI is InChI=1S/C18H28N2S/c1-15-4-8-18(9-5-15)21-12-11-20(17-6-7-17)14-16-3-2-10-19-13-16/h4-5,8-9,16-17,19H,2-3,6-7,10-14H2,1H3. The number of hydrogen-bond donors (Lipinski definition) is 1. The molecule has 0 aromatic heterocycles. The van der Waals surface area contributed by atoms with Crippen molar-refractivity contribution in [3.05, 3.63) is 29.8 Å². The Kier molecular flexibility index (Phi) is 5.61. The highest BCUT2D eigenvalue weighted by molar-refractivity contribution is 7.99. The van der Waals surface area contributed by atoms with Crippen molar-refractivity contribution < 1.29 is 0 Å². The van der Waals surface area contributed by atoms with E-state index in [9.17, 15) is 0 Å². The molecule has 1 N–H and O–H groups in total.